The maximum absolute atomic E-state index is 13.2. The lowest BCUT2D eigenvalue weighted by Gasteiger charge is -2.11. The molecule has 2 aromatic carbocycles. The van der Waals surface area contributed by atoms with Crippen molar-refractivity contribution in [3.63, 3.8) is 0 Å². The Morgan fingerprint density at radius 3 is 2.59 bits per heavy atom. The van der Waals surface area contributed by atoms with Crippen molar-refractivity contribution in [2.75, 3.05) is 25.5 Å². The highest BCUT2D eigenvalue weighted by molar-refractivity contribution is 7.80. The van der Waals surface area contributed by atoms with Crippen molar-refractivity contribution in [3.8, 4) is 5.75 Å². The molecule has 3 aromatic rings. The second kappa shape index (κ2) is 9.21. The van der Waals surface area contributed by atoms with E-state index in [1.165, 1.54) is 44.4 Å². The van der Waals surface area contributed by atoms with Crippen LogP contribution < -0.4 is 15.4 Å². The maximum Gasteiger partial charge on any atom is 0.141 e. The molecule has 2 heterocycles. The highest BCUT2D eigenvalue weighted by Crippen LogP contribution is 2.32. The van der Waals surface area contributed by atoms with Crippen LogP contribution in [0.3, 0.4) is 0 Å². The SMILES string of the molecule is C1CCNC1.COc1cc2ncnc(Nc3ccc(F)c(Cl)c3)c2cc1S. The van der Waals surface area contributed by atoms with Gasteiger partial charge in [0.1, 0.15) is 23.7 Å². The van der Waals surface area contributed by atoms with E-state index in [-0.39, 0.29) is 5.02 Å². The zero-order chi connectivity index (χ0) is 19.2. The van der Waals surface area contributed by atoms with Crippen LogP contribution in [0.4, 0.5) is 15.9 Å². The Morgan fingerprint density at radius 2 is 1.96 bits per heavy atom. The van der Waals surface area contributed by atoms with Gasteiger partial charge in [0.15, 0.2) is 0 Å². The third-order valence-corrected chi connectivity index (χ3v) is 4.71. The Hall–Kier alpha value is -2.09. The van der Waals surface area contributed by atoms with Crippen molar-refractivity contribution in [2.24, 2.45) is 0 Å². The molecule has 0 atom stereocenters. The molecule has 8 heteroatoms. The van der Waals surface area contributed by atoms with Crippen molar-refractivity contribution in [1.29, 1.82) is 0 Å². The molecule has 1 aliphatic rings. The predicted octanol–water partition coefficient (Wildman–Crippen LogP) is 4.83. The van der Waals surface area contributed by atoms with E-state index in [1.54, 1.807) is 19.2 Å². The summed E-state index contributed by atoms with van der Waals surface area (Å²) in [4.78, 5) is 9.10. The van der Waals surface area contributed by atoms with Gasteiger partial charge < -0.3 is 15.4 Å². The molecule has 0 amide bonds. The molecule has 1 aromatic heterocycles. The van der Waals surface area contributed by atoms with E-state index in [4.69, 9.17) is 16.3 Å². The number of aromatic nitrogens is 2. The largest absolute Gasteiger partial charge is 0.496 e. The van der Waals surface area contributed by atoms with Crippen LogP contribution in [0.25, 0.3) is 10.9 Å². The van der Waals surface area contributed by atoms with Gasteiger partial charge >= 0.3 is 0 Å². The summed E-state index contributed by atoms with van der Waals surface area (Å²) in [7, 11) is 1.57. The first-order valence-electron chi connectivity index (χ1n) is 8.53. The van der Waals surface area contributed by atoms with Gasteiger partial charge in [-0.25, -0.2) is 14.4 Å². The van der Waals surface area contributed by atoms with Crippen LogP contribution in [-0.4, -0.2) is 30.2 Å². The van der Waals surface area contributed by atoms with Gasteiger partial charge in [-0.3, -0.25) is 0 Å². The number of thiol groups is 1. The van der Waals surface area contributed by atoms with E-state index in [0.29, 0.717) is 27.7 Å². The highest BCUT2D eigenvalue weighted by Gasteiger charge is 2.09. The fourth-order valence-corrected chi connectivity index (χ4v) is 3.14. The number of benzene rings is 2. The number of fused-ring (bicyclic) bond motifs is 1. The normalized spacial score (nSPS) is 13.2. The topological polar surface area (TPSA) is 59.1 Å². The summed E-state index contributed by atoms with van der Waals surface area (Å²) >= 11 is 10.2. The fourth-order valence-electron chi connectivity index (χ4n) is 2.67. The minimum atomic E-state index is -0.470. The Balaban J connectivity index is 0.000000364. The Labute approximate surface area is 167 Å². The lowest BCUT2D eigenvalue weighted by atomic mass is 10.2. The highest BCUT2D eigenvalue weighted by atomic mass is 35.5. The van der Waals surface area contributed by atoms with Gasteiger partial charge in [0.2, 0.25) is 0 Å². The Kier molecular flexibility index (Phi) is 6.71. The first kappa shape index (κ1) is 19.7. The number of hydrogen-bond acceptors (Lipinski definition) is 6. The van der Waals surface area contributed by atoms with Crippen LogP contribution in [-0.2, 0) is 0 Å². The van der Waals surface area contributed by atoms with Gasteiger partial charge in [-0.2, -0.15) is 0 Å². The van der Waals surface area contributed by atoms with Gasteiger partial charge in [-0.15, -0.1) is 12.6 Å². The van der Waals surface area contributed by atoms with Gasteiger partial charge in [0, 0.05) is 22.0 Å². The number of methoxy groups -OCH3 is 1. The van der Waals surface area contributed by atoms with Crippen LogP contribution in [0.2, 0.25) is 5.02 Å². The van der Waals surface area contributed by atoms with Crippen LogP contribution in [0.1, 0.15) is 12.8 Å². The van der Waals surface area contributed by atoms with Crippen molar-refractivity contribution < 1.29 is 9.13 Å². The minimum Gasteiger partial charge on any atom is -0.496 e. The van der Waals surface area contributed by atoms with Crippen molar-refractivity contribution in [1.82, 2.24) is 15.3 Å². The first-order valence-corrected chi connectivity index (χ1v) is 9.35. The molecule has 0 saturated carbocycles. The average Bonchev–Trinajstić information content (AvgIpc) is 3.25. The minimum absolute atomic E-state index is 0.0416. The zero-order valence-electron chi connectivity index (χ0n) is 14.8. The van der Waals surface area contributed by atoms with Crippen molar-refractivity contribution >= 4 is 46.6 Å². The van der Waals surface area contributed by atoms with Crippen molar-refractivity contribution in [3.05, 3.63) is 47.5 Å². The summed E-state index contributed by atoms with van der Waals surface area (Å²) < 4.78 is 18.4. The van der Waals surface area contributed by atoms with Crippen LogP contribution in [0.5, 0.6) is 5.75 Å². The van der Waals surface area contributed by atoms with E-state index >= 15 is 0 Å². The van der Waals surface area contributed by atoms with Crippen LogP contribution in [0, 0.1) is 5.82 Å². The number of rotatable bonds is 3. The third-order valence-electron chi connectivity index (χ3n) is 4.08. The average molecular weight is 407 g/mol. The smallest absolute Gasteiger partial charge is 0.141 e. The van der Waals surface area contributed by atoms with Crippen LogP contribution >= 0.6 is 24.2 Å². The molecule has 142 valence electrons. The summed E-state index contributed by atoms with van der Waals surface area (Å²) in [5.74, 6) is 0.734. The molecule has 0 spiro atoms. The molecule has 1 aliphatic heterocycles. The molecular weight excluding hydrogens is 387 g/mol. The lowest BCUT2D eigenvalue weighted by Crippen LogP contribution is -2.03. The van der Waals surface area contributed by atoms with Crippen molar-refractivity contribution in [2.45, 2.75) is 17.7 Å². The molecule has 1 fully saturated rings. The number of halogens is 2. The molecule has 0 unspecified atom stereocenters. The van der Waals surface area contributed by atoms with E-state index in [1.807, 2.05) is 6.07 Å². The quantitative estimate of drug-likeness (QED) is 0.544. The molecule has 0 radical (unpaired) electrons. The second-order valence-corrected chi connectivity index (χ2v) is 6.86. The molecular formula is C19H20ClFN4OS. The summed E-state index contributed by atoms with van der Waals surface area (Å²) in [6.07, 6.45) is 4.22. The van der Waals surface area contributed by atoms with Crippen LogP contribution in [0.15, 0.2) is 41.6 Å². The lowest BCUT2D eigenvalue weighted by molar-refractivity contribution is 0.405. The molecule has 1 saturated heterocycles. The number of nitrogens with zero attached hydrogens (tertiary/aromatic N) is 2. The summed E-state index contributed by atoms with van der Waals surface area (Å²) in [6.45, 7) is 2.50. The van der Waals surface area contributed by atoms with Gasteiger partial charge in [-0.05, 0) is 50.2 Å². The maximum atomic E-state index is 13.2. The zero-order valence-corrected chi connectivity index (χ0v) is 16.4. The monoisotopic (exact) mass is 406 g/mol. The molecule has 0 bridgehead atoms. The van der Waals surface area contributed by atoms with E-state index < -0.39 is 5.82 Å². The van der Waals surface area contributed by atoms with E-state index in [0.717, 1.165) is 5.39 Å². The van der Waals surface area contributed by atoms with Gasteiger partial charge in [0.05, 0.1) is 17.6 Å². The number of anilines is 2. The Bertz CT molecular complexity index is 929. The standard InChI is InChI=1S/C15H11ClFN3OS.C4H9N/c1-21-13-6-12-9(5-14(13)22)15(19-7-18-12)20-8-2-3-11(17)10(16)4-8;1-2-4-5-3-1/h2-7,22H,1H3,(H,18,19,20);5H,1-4H2. The summed E-state index contributed by atoms with van der Waals surface area (Å²) in [6, 6.07) is 7.96. The predicted molar refractivity (Wildman–Crippen MR) is 110 cm³/mol. The third kappa shape index (κ3) is 5.00. The Morgan fingerprint density at radius 1 is 1.19 bits per heavy atom. The van der Waals surface area contributed by atoms with Gasteiger partial charge in [0.25, 0.3) is 0 Å². The summed E-state index contributed by atoms with van der Waals surface area (Å²) in [5.41, 5.74) is 1.34. The molecule has 2 N–H and O–H groups in total. The number of nitrogens with one attached hydrogen (secondary N) is 2. The number of hydrogen-bond donors (Lipinski definition) is 3. The molecule has 5 nitrogen and oxygen atoms in total. The van der Waals surface area contributed by atoms with Gasteiger partial charge in [-0.1, -0.05) is 11.6 Å². The summed E-state index contributed by atoms with van der Waals surface area (Å²) in [5, 5.41) is 7.14. The molecule has 4 rings (SSSR count). The first-order chi connectivity index (χ1) is 13.1. The van der Waals surface area contributed by atoms with E-state index in [2.05, 4.69) is 33.2 Å². The fraction of sp³-hybridized carbons (Fsp3) is 0.263. The second-order valence-electron chi connectivity index (χ2n) is 5.97. The van der Waals surface area contributed by atoms with E-state index in [9.17, 15) is 4.39 Å². The number of ether oxygens (including phenoxy) is 1. The molecule has 0 aliphatic carbocycles. The molecule has 27 heavy (non-hydrogen) atoms.